The van der Waals surface area contributed by atoms with Gasteiger partial charge in [0.2, 0.25) is 0 Å². The zero-order valence-electron chi connectivity index (χ0n) is 9.09. The summed E-state index contributed by atoms with van der Waals surface area (Å²) < 4.78 is 1.24. The Labute approximate surface area is 103 Å². The van der Waals surface area contributed by atoms with E-state index in [0.29, 0.717) is 6.54 Å². The Morgan fingerprint density at radius 2 is 2.19 bits per heavy atom. The van der Waals surface area contributed by atoms with Crippen LogP contribution in [0.1, 0.15) is 36.4 Å². The standard InChI is InChI=1S/C13H15BrN2/c14-12-10-6-8(7-15)4-5-11(10)16-13(12)9-2-1-3-9/h4-6,9,16H,1-3,7,15H2. The molecule has 0 spiro atoms. The van der Waals surface area contributed by atoms with Crippen LogP contribution in [-0.2, 0) is 6.54 Å². The van der Waals surface area contributed by atoms with Gasteiger partial charge in [0.05, 0.1) is 0 Å². The quantitative estimate of drug-likeness (QED) is 0.865. The summed E-state index contributed by atoms with van der Waals surface area (Å²) in [6.07, 6.45) is 3.99. The van der Waals surface area contributed by atoms with E-state index in [9.17, 15) is 0 Å². The molecular formula is C13H15BrN2. The molecule has 1 heterocycles. The number of nitrogens with two attached hydrogens (primary N) is 1. The van der Waals surface area contributed by atoms with E-state index in [2.05, 4.69) is 39.1 Å². The number of nitrogens with one attached hydrogen (secondary N) is 1. The maximum Gasteiger partial charge on any atom is 0.0468 e. The molecule has 1 aromatic carbocycles. The Balaban J connectivity index is 2.14. The fourth-order valence-electron chi connectivity index (χ4n) is 2.33. The third-order valence-corrected chi connectivity index (χ3v) is 4.43. The van der Waals surface area contributed by atoms with Gasteiger partial charge in [-0.15, -0.1) is 0 Å². The van der Waals surface area contributed by atoms with Gasteiger partial charge in [-0.25, -0.2) is 0 Å². The summed E-state index contributed by atoms with van der Waals surface area (Å²) in [7, 11) is 0. The van der Waals surface area contributed by atoms with Crippen molar-refractivity contribution in [3.63, 3.8) is 0 Å². The number of aromatic nitrogens is 1. The van der Waals surface area contributed by atoms with Gasteiger partial charge in [-0.2, -0.15) is 0 Å². The molecule has 2 nitrogen and oxygen atoms in total. The Hall–Kier alpha value is -0.800. The highest BCUT2D eigenvalue weighted by Gasteiger charge is 2.24. The molecule has 1 saturated carbocycles. The van der Waals surface area contributed by atoms with Crippen LogP contribution in [0, 0.1) is 0 Å². The minimum Gasteiger partial charge on any atom is -0.357 e. The van der Waals surface area contributed by atoms with Gasteiger partial charge in [0.25, 0.3) is 0 Å². The Morgan fingerprint density at radius 1 is 1.38 bits per heavy atom. The maximum absolute atomic E-state index is 5.67. The van der Waals surface area contributed by atoms with Gasteiger partial charge in [0, 0.05) is 33.5 Å². The molecule has 0 amide bonds. The molecule has 3 N–H and O–H groups in total. The molecular weight excluding hydrogens is 264 g/mol. The van der Waals surface area contributed by atoms with Crippen LogP contribution in [0.3, 0.4) is 0 Å². The van der Waals surface area contributed by atoms with E-state index in [4.69, 9.17) is 5.73 Å². The highest BCUT2D eigenvalue weighted by molar-refractivity contribution is 9.10. The molecule has 0 aliphatic heterocycles. The Bertz CT molecular complexity index is 526. The van der Waals surface area contributed by atoms with Crippen molar-refractivity contribution in [2.75, 3.05) is 0 Å². The first-order chi connectivity index (χ1) is 7.79. The van der Waals surface area contributed by atoms with Crippen LogP contribution in [0.15, 0.2) is 22.7 Å². The summed E-state index contributed by atoms with van der Waals surface area (Å²) in [6, 6.07) is 6.40. The molecule has 1 aliphatic rings. The molecule has 1 aliphatic carbocycles. The highest BCUT2D eigenvalue weighted by atomic mass is 79.9. The van der Waals surface area contributed by atoms with Crippen molar-refractivity contribution < 1.29 is 0 Å². The first-order valence-corrected chi connectivity index (χ1v) is 6.59. The molecule has 2 aromatic rings. The van der Waals surface area contributed by atoms with E-state index >= 15 is 0 Å². The van der Waals surface area contributed by atoms with E-state index < -0.39 is 0 Å². The highest BCUT2D eigenvalue weighted by Crippen LogP contribution is 2.42. The lowest BCUT2D eigenvalue weighted by Gasteiger charge is -2.24. The van der Waals surface area contributed by atoms with E-state index in [-0.39, 0.29) is 0 Å². The van der Waals surface area contributed by atoms with E-state index in [1.807, 2.05) is 0 Å². The largest absolute Gasteiger partial charge is 0.357 e. The van der Waals surface area contributed by atoms with Crippen LogP contribution in [0.5, 0.6) is 0 Å². The molecule has 0 atom stereocenters. The molecule has 84 valence electrons. The summed E-state index contributed by atoms with van der Waals surface area (Å²) in [4.78, 5) is 3.53. The summed E-state index contributed by atoms with van der Waals surface area (Å²) in [5.74, 6) is 0.725. The third kappa shape index (κ3) is 1.50. The average Bonchev–Trinajstić information content (AvgIpc) is 2.54. The minimum atomic E-state index is 0.603. The third-order valence-electron chi connectivity index (χ3n) is 3.58. The molecule has 3 heteroatoms. The van der Waals surface area contributed by atoms with Crippen LogP contribution in [0.25, 0.3) is 10.9 Å². The number of rotatable bonds is 2. The van der Waals surface area contributed by atoms with Crippen molar-refractivity contribution in [2.45, 2.75) is 31.7 Å². The van der Waals surface area contributed by atoms with Crippen LogP contribution in [0.4, 0.5) is 0 Å². The van der Waals surface area contributed by atoms with Gasteiger partial charge in [0.1, 0.15) is 0 Å². The first kappa shape index (κ1) is 10.4. The Kier molecular flexibility index (Phi) is 2.52. The lowest BCUT2D eigenvalue weighted by Crippen LogP contribution is -2.09. The second kappa shape index (κ2) is 3.90. The van der Waals surface area contributed by atoms with Crippen LogP contribution in [-0.4, -0.2) is 4.98 Å². The summed E-state index contributed by atoms with van der Waals surface area (Å²) in [5, 5.41) is 1.27. The summed E-state index contributed by atoms with van der Waals surface area (Å²) in [5.41, 5.74) is 9.44. The second-order valence-electron chi connectivity index (χ2n) is 4.56. The van der Waals surface area contributed by atoms with Gasteiger partial charge in [-0.05, 0) is 46.5 Å². The van der Waals surface area contributed by atoms with E-state index in [0.717, 1.165) is 5.92 Å². The Morgan fingerprint density at radius 3 is 2.81 bits per heavy atom. The number of hydrogen-bond donors (Lipinski definition) is 2. The van der Waals surface area contributed by atoms with Crippen molar-refractivity contribution in [2.24, 2.45) is 5.73 Å². The van der Waals surface area contributed by atoms with Crippen LogP contribution < -0.4 is 5.73 Å². The van der Waals surface area contributed by atoms with Gasteiger partial charge >= 0.3 is 0 Å². The maximum atomic E-state index is 5.67. The van der Waals surface area contributed by atoms with Crippen molar-refractivity contribution in [3.05, 3.63) is 33.9 Å². The monoisotopic (exact) mass is 278 g/mol. The van der Waals surface area contributed by atoms with Crippen molar-refractivity contribution in [1.82, 2.24) is 4.98 Å². The summed E-state index contributed by atoms with van der Waals surface area (Å²) in [6.45, 7) is 0.603. The molecule has 0 bridgehead atoms. The van der Waals surface area contributed by atoms with Crippen LogP contribution in [0.2, 0.25) is 0 Å². The molecule has 0 radical (unpaired) electrons. The number of halogens is 1. The molecule has 0 saturated heterocycles. The normalized spacial score (nSPS) is 16.6. The van der Waals surface area contributed by atoms with Gasteiger partial charge in [-0.3, -0.25) is 0 Å². The minimum absolute atomic E-state index is 0.603. The molecule has 1 aromatic heterocycles. The van der Waals surface area contributed by atoms with E-state index in [1.54, 1.807) is 0 Å². The predicted octanol–water partition coefficient (Wildman–Crippen LogP) is 3.66. The number of fused-ring (bicyclic) bond motifs is 1. The summed E-state index contributed by atoms with van der Waals surface area (Å²) >= 11 is 3.72. The zero-order valence-corrected chi connectivity index (χ0v) is 10.7. The second-order valence-corrected chi connectivity index (χ2v) is 5.36. The molecule has 16 heavy (non-hydrogen) atoms. The smallest absolute Gasteiger partial charge is 0.0468 e. The molecule has 3 rings (SSSR count). The van der Waals surface area contributed by atoms with Crippen molar-refractivity contribution >= 4 is 26.8 Å². The molecule has 0 unspecified atom stereocenters. The van der Waals surface area contributed by atoms with Gasteiger partial charge < -0.3 is 10.7 Å². The van der Waals surface area contributed by atoms with Crippen molar-refractivity contribution in [1.29, 1.82) is 0 Å². The zero-order chi connectivity index (χ0) is 11.1. The lowest BCUT2D eigenvalue weighted by atomic mass is 9.83. The number of hydrogen-bond acceptors (Lipinski definition) is 1. The fourth-order valence-corrected chi connectivity index (χ4v) is 3.08. The molecule has 1 fully saturated rings. The van der Waals surface area contributed by atoms with Crippen LogP contribution >= 0.6 is 15.9 Å². The van der Waals surface area contributed by atoms with E-state index in [1.165, 1.54) is 45.9 Å². The van der Waals surface area contributed by atoms with Gasteiger partial charge in [-0.1, -0.05) is 12.5 Å². The number of H-pyrrole nitrogens is 1. The van der Waals surface area contributed by atoms with Crippen molar-refractivity contribution in [3.8, 4) is 0 Å². The lowest BCUT2D eigenvalue weighted by molar-refractivity contribution is 0.412. The topological polar surface area (TPSA) is 41.8 Å². The average molecular weight is 279 g/mol. The first-order valence-electron chi connectivity index (χ1n) is 5.79. The van der Waals surface area contributed by atoms with Gasteiger partial charge in [0.15, 0.2) is 0 Å². The number of benzene rings is 1. The number of aromatic amines is 1. The predicted molar refractivity (Wildman–Crippen MR) is 70.5 cm³/mol. The fraction of sp³-hybridized carbons (Fsp3) is 0.385. The SMILES string of the molecule is NCc1ccc2[nH]c(C3CCC3)c(Br)c2c1.